The first-order chi connectivity index (χ1) is 7.95. The summed E-state index contributed by atoms with van der Waals surface area (Å²) in [5.41, 5.74) is 6.39. The van der Waals surface area contributed by atoms with Crippen LogP contribution in [0.25, 0.3) is 0 Å². The fourth-order valence-electron chi connectivity index (χ4n) is 2.86. The normalized spacial score (nSPS) is 22.9. The van der Waals surface area contributed by atoms with E-state index in [-0.39, 0.29) is 30.4 Å². The summed E-state index contributed by atoms with van der Waals surface area (Å²) in [6.45, 7) is 21.3. The molecule has 0 saturated carbocycles. The Morgan fingerprint density at radius 3 is 1.70 bits per heavy atom. The van der Waals surface area contributed by atoms with Crippen LogP contribution in [0.3, 0.4) is 0 Å². The maximum Gasteiger partial charge on any atom is -0.147 e. The predicted molar refractivity (Wildman–Crippen MR) is 94.4 cm³/mol. The molecule has 1 unspecified atom stereocenters. The maximum absolute atomic E-state index is 2.51. The number of nitrogens with zero attached hydrogens (tertiary/aromatic N) is 1. The van der Waals surface area contributed by atoms with Gasteiger partial charge < -0.3 is 0 Å². The van der Waals surface area contributed by atoms with Crippen LogP contribution < -0.4 is 0 Å². The summed E-state index contributed by atoms with van der Waals surface area (Å²) in [7, 11) is -0.816. The molecule has 0 amide bonds. The molecule has 1 aliphatic carbocycles. The molecule has 1 nitrogen and oxygen atoms in total. The van der Waals surface area contributed by atoms with Crippen molar-refractivity contribution in [3.8, 4) is 0 Å². The second kappa shape index (κ2) is 7.37. The summed E-state index contributed by atoms with van der Waals surface area (Å²) in [4.78, 5) is 0. The van der Waals surface area contributed by atoms with E-state index >= 15 is 0 Å². The van der Waals surface area contributed by atoms with Gasteiger partial charge in [0.05, 0.1) is 0 Å². The second-order valence-electron chi connectivity index (χ2n) is 7.09. The van der Waals surface area contributed by atoms with E-state index in [9.17, 15) is 0 Å². The van der Waals surface area contributed by atoms with Gasteiger partial charge in [-0.25, -0.2) is 0 Å². The minimum Gasteiger partial charge on any atom is -0.147 e. The number of allylic oxidation sites excluding steroid dienone is 3. The van der Waals surface area contributed by atoms with Gasteiger partial charge in [0.25, 0.3) is 0 Å². The first-order valence-electron chi connectivity index (χ1n) is 6.86. The molecule has 1 aliphatic rings. The van der Waals surface area contributed by atoms with Crippen molar-refractivity contribution in [2.45, 2.75) is 72.1 Å². The second-order valence-corrected chi connectivity index (χ2v) is 11.2. The largest absolute Gasteiger partial charge is 0.147 e. The van der Waals surface area contributed by atoms with Crippen LogP contribution in [0.1, 0.15) is 48.5 Å². The van der Waals surface area contributed by atoms with Crippen molar-refractivity contribution in [2.75, 3.05) is 0 Å². The van der Waals surface area contributed by atoms with E-state index in [1.807, 2.05) is 0 Å². The molecule has 0 aromatic heterocycles. The standard InChI is InChI=1S/C15H28NSi.2ClH.Ti/c1-10-11(2)13(16-14(4,5)6)15(7,12(10)3)17(8)9;;;/h17H,1-9H3;2*1H;/q-1;;;+1. The van der Waals surface area contributed by atoms with Gasteiger partial charge in [0.15, 0.2) is 0 Å². The average Bonchev–Trinajstić information content (AvgIpc) is 2.40. The Morgan fingerprint density at radius 2 is 1.40 bits per heavy atom. The van der Waals surface area contributed by atoms with Crippen LogP contribution in [0.4, 0.5) is 0 Å². The van der Waals surface area contributed by atoms with Crippen molar-refractivity contribution in [3.05, 3.63) is 22.4 Å². The third kappa shape index (κ3) is 3.57. The Balaban J connectivity index is 0. The fourth-order valence-corrected chi connectivity index (χ4v) is 5.66. The smallest absolute Gasteiger partial charge is 0.147 e. The molecule has 0 N–H and O–H groups in total. The summed E-state index contributed by atoms with van der Waals surface area (Å²) < 4.78 is 2.51. The van der Waals surface area contributed by atoms with Crippen LogP contribution in [0.15, 0.2) is 22.4 Å². The van der Waals surface area contributed by atoms with Crippen molar-refractivity contribution in [2.24, 2.45) is 0 Å². The van der Waals surface area contributed by atoms with Crippen molar-refractivity contribution < 1.29 is 20.7 Å². The van der Waals surface area contributed by atoms with Crippen LogP contribution in [-0.4, -0.2) is 17.7 Å². The third-order valence-electron chi connectivity index (χ3n) is 4.80. The number of halogens is 2. The van der Waals surface area contributed by atoms with Crippen LogP contribution in [-0.2, 0) is 20.7 Å². The zero-order valence-corrected chi connectivity index (χ0v) is 18.7. The molecular formula is C15H30Cl2NSiTi. The summed E-state index contributed by atoms with van der Waals surface area (Å²) in [5.74, 6) is 0. The zero-order chi connectivity index (χ0) is 14.5. The van der Waals surface area contributed by atoms with E-state index in [2.05, 4.69) is 85.6 Å². The van der Waals surface area contributed by atoms with Gasteiger partial charge in [-0.3, -0.25) is 0 Å². The quantitative estimate of drug-likeness (QED) is 0.599. The summed E-state index contributed by atoms with van der Waals surface area (Å²) in [5, 5.41) is 0.316. The van der Waals surface area contributed by atoms with Gasteiger partial charge in [0.1, 0.15) is 0 Å². The van der Waals surface area contributed by atoms with Crippen LogP contribution in [0.5, 0.6) is 0 Å². The maximum atomic E-state index is 2.51. The molecule has 0 saturated heterocycles. The predicted octanol–water partition coefficient (Wildman–Crippen LogP) is 5.26. The molecule has 117 valence electrons. The Bertz CT molecular complexity index is 424. The molecule has 0 heterocycles. The molecular weight excluding hydrogens is 341 g/mol. The van der Waals surface area contributed by atoms with Crippen molar-refractivity contribution >= 4 is 33.6 Å². The van der Waals surface area contributed by atoms with E-state index in [1.54, 1.807) is 11.3 Å². The Kier molecular flexibility index (Phi) is 8.50. The van der Waals surface area contributed by atoms with Gasteiger partial charge in [0.2, 0.25) is 0 Å². The summed E-state index contributed by atoms with van der Waals surface area (Å²) in [6.07, 6.45) is 0. The Hall–Kier alpha value is 0.791. The molecule has 0 aliphatic heterocycles. The third-order valence-corrected chi connectivity index (χ3v) is 9.21. The van der Waals surface area contributed by atoms with Crippen LogP contribution in [0.2, 0.25) is 18.1 Å². The SMILES string of the molecule is CC1=C(C)C(C)([SiH](C)C)C([N]([Ti])C(C)(C)C)=C1C.Cl.Cl. The van der Waals surface area contributed by atoms with Crippen molar-refractivity contribution in [1.82, 2.24) is 3.38 Å². The number of rotatable bonds is 2. The van der Waals surface area contributed by atoms with Crippen LogP contribution >= 0.6 is 24.8 Å². The number of hydrogen-bond donors (Lipinski definition) is 0. The average molecular weight is 371 g/mol. The zero-order valence-electron chi connectivity index (χ0n) is 14.3. The van der Waals surface area contributed by atoms with Gasteiger partial charge in [0, 0.05) is 0 Å². The van der Waals surface area contributed by atoms with E-state index in [4.69, 9.17) is 0 Å². The molecule has 0 aromatic carbocycles. The number of hydrogen-bond acceptors (Lipinski definition) is 1. The fraction of sp³-hybridized carbons (Fsp3) is 0.733. The van der Waals surface area contributed by atoms with E-state index in [0.717, 1.165) is 0 Å². The van der Waals surface area contributed by atoms with Gasteiger partial charge in [-0.2, -0.15) is 0 Å². The molecule has 0 aromatic rings. The summed E-state index contributed by atoms with van der Waals surface area (Å²) in [6, 6.07) is 0. The molecule has 0 radical (unpaired) electrons. The molecule has 20 heavy (non-hydrogen) atoms. The van der Waals surface area contributed by atoms with E-state index in [1.165, 1.54) is 11.1 Å². The van der Waals surface area contributed by atoms with Crippen molar-refractivity contribution in [1.29, 1.82) is 0 Å². The van der Waals surface area contributed by atoms with E-state index in [0.29, 0.717) is 5.04 Å². The van der Waals surface area contributed by atoms with E-state index < -0.39 is 8.80 Å². The van der Waals surface area contributed by atoms with Gasteiger partial charge >= 0.3 is 127 Å². The van der Waals surface area contributed by atoms with Crippen LogP contribution in [0, 0.1) is 0 Å². The van der Waals surface area contributed by atoms with Gasteiger partial charge in [-0.05, 0) is 0 Å². The molecule has 1 rings (SSSR count). The topological polar surface area (TPSA) is 3.24 Å². The monoisotopic (exact) mass is 370 g/mol. The molecule has 5 heteroatoms. The minimum atomic E-state index is -0.816. The van der Waals surface area contributed by atoms with Gasteiger partial charge in [-0.1, -0.05) is 0 Å². The minimum absolute atomic E-state index is 0. The Morgan fingerprint density at radius 1 is 1.00 bits per heavy atom. The molecule has 0 fully saturated rings. The molecule has 0 bridgehead atoms. The van der Waals surface area contributed by atoms with Gasteiger partial charge in [-0.15, -0.1) is 24.8 Å². The first kappa shape index (κ1) is 23.1. The first-order valence-corrected chi connectivity index (χ1v) is 10.4. The molecule has 1 atom stereocenters. The summed E-state index contributed by atoms with van der Waals surface area (Å²) >= 11 is 2.26. The van der Waals surface area contributed by atoms with Crippen molar-refractivity contribution in [3.63, 3.8) is 0 Å². The Labute approximate surface area is 151 Å². The molecule has 0 spiro atoms.